The van der Waals surface area contributed by atoms with E-state index in [-0.39, 0.29) is 0 Å². The average molecular weight is 277 g/mol. The fourth-order valence-electron chi connectivity index (χ4n) is 1.99. The highest BCUT2D eigenvalue weighted by Gasteiger charge is 2.12. The van der Waals surface area contributed by atoms with Crippen LogP contribution in [-0.4, -0.2) is 33.0 Å². The van der Waals surface area contributed by atoms with Crippen LogP contribution < -0.4 is 10.1 Å². The molecular formula is C12H15N5OS. The third kappa shape index (κ3) is 2.47. The van der Waals surface area contributed by atoms with E-state index in [4.69, 9.17) is 4.74 Å². The molecule has 0 spiro atoms. The molecule has 0 saturated heterocycles. The molecule has 0 saturated carbocycles. The summed E-state index contributed by atoms with van der Waals surface area (Å²) in [7, 11) is 1.65. The molecule has 0 unspecified atom stereocenters. The van der Waals surface area contributed by atoms with E-state index in [0.29, 0.717) is 5.88 Å². The fourth-order valence-corrected chi connectivity index (χ4v) is 2.71. The molecule has 0 aliphatic carbocycles. The lowest BCUT2D eigenvalue weighted by molar-refractivity contribution is 0.393. The lowest BCUT2D eigenvalue weighted by atomic mass is 10.3. The zero-order valence-corrected chi connectivity index (χ0v) is 11.4. The molecular weight excluding hydrogens is 262 g/mol. The molecule has 3 aromatic heterocycles. The molecule has 100 valence electrons. The highest BCUT2D eigenvalue weighted by atomic mass is 32.1. The molecule has 3 aromatic rings. The van der Waals surface area contributed by atoms with Gasteiger partial charge < -0.3 is 15.0 Å². The second kappa shape index (κ2) is 5.41. The van der Waals surface area contributed by atoms with Crippen LogP contribution >= 0.6 is 11.3 Å². The normalized spacial score (nSPS) is 11.2. The van der Waals surface area contributed by atoms with Crippen LogP contribution in [0.2, 0.25) is 0 Å². The van der Waals surface area contributed by atoms with Gasteiger partial charge in [0.1, 0.15) is 5.69 Å². The highest BCUT2D eigenvalue weighted by Crippen LogP contribution is 2.22. The van der Waals surface area contributed by atoms with E-state index in [2.05, 4.69) is 24.7 Å². The van der Waals surface area contributed by atoms with Crippen molar-refractivity contribution < 1.29 is 4.74 Å². The van der Waals surface area contributed by atoms with E-state index >= 15 is 0 Å². The van der Waals surface area contributed by atoms with Gasteiger partial charge in [0.25, 0.3) is 0 Å². The van der Waals surface area contributed by atoms with Crippen molar-refractivity contribution in [2.75, 3.05) is 13.7 Å². The van der Waals surface area contributed by atoms with Crippen molar-refractivity contribution in [3.8, 4) is 5.88 Å². The number of imidazole rings is 2. The summed E-state index contributed by atoms with van der Waals surface area (Å²) in [6, 6.07) is 0. The molecule has 19 heavy (non-hydrogen) atoms. The maximum Gasteiger partial charge on any atom is 0.237 e. The molecule has 0 aliphatic heterocycles. The zero-order chi connectivity index (χ0) is 13.1. The van der Waals surface area contributed by atoms with Gasteiger partial charge in [0.15, 0.2) is 4.96 Å². The summed E-state index contributed by atoms with van der Waals surface area (Å²) < 4.78 is 7.37. The largest absolute Gasteiger partial charge is 0.480 e. The van der Waals surface area contributed by atoms with Gasteiger partial charge in [-0.1, -0.05) is 0 Å². The number of aromatic amines is 1. The molecule has 2 N–H and O–H groups in total. The van der Waals surface area contributed by atoms with Gasteiger partial charge in [-0.15, -0.1) is 11.3 Å². The summed E-state index contributed by atoms with van der Waals surface area (Å²) in [5, 5.41) is 5.42. The Labute approximate surface area is 114 Å². The summed E-state index contributed by atoms with van der Waals surface area (Å²) in [5.74, 6) is 0.695. The number of rotatable bonds is 6. The Balaban J connectivity index is 1.62. The molecule has 0 aliphatic rings. The molecule has 0 amide bonds. The standard InChI is InChI=1S/C12H15N5OS/c1-18-11-10(17-4-5-19-12(17)16-11)7-13-3-2-9-6-14-8-15-9/h4-6,8,13H,2-3,7H2,1H3,(H,14,15). The SMILES string of the molecule is COc1nc2sccn2c1CNCCc1cnc[nH]1. The Morgan fingerprint density at radius 1 is 1.53 bits per heavy atom. The van der Waals surface area contributed by atoms with Gasteiger partial charge in [0.05, 0.1) is 13.4 Å². The van der Waals surface area contributed by atoms with Crippen molar-refractivity contribution in [2.24, 2.45) is 0 Å². The Hall–Kier alpha value is -1.86. The van der Waals surface area contributed by atoms with Gasteiger partial charge >= 0.3 is 0 Å². The fraction of sp³-hybridized carbons (Fsp3) is 0.333. The van der Waals surface area contributed by atoms with Gasteiger partial charge in [0, 0.05) is 43.0 Å². The molecule has 0 bridgehead atoms. The molecule has 7 heteroatoms. The Morgan fingerprint density at radius 2 is 2.47 bits per heavy atom. The minimum absolute atomic E-state index is 0.695. The molecule has 0 atom stereocenters. The Bertz CT molecular complexity index is 642. The van der Waals surface area contributed by atoms with E-state index in [9.17, 15) is 0 Å². The number of hydrogen-bond donors (Lipinski definition) is 2. The predicted molar refractivity (Wildman–Crippen MR) is 73.6 cm³/mol. The first kappa shape index (κ1) is 12.2. The van der Waals surface area contributed by atoms with Crippen LogP contribution in [0.5, 0.6) is 5.88 Å². The molecule has 0 radical (unpaired) electrons. The summed E-state index contributed by atoms with van der Waals surface area (Å²) >= 11 is 1.61. The first-order chi connectivity index (χ1) is 9.38. The second-order valence-corrected chi connectivity index (χ2v) is 5.00. The van der Waals surface area contributed by atoms with Crippen LogP contribution in [0, 0.1) is 0 Å². The monoisotopic (exact) mass is 277 g/mol. The number of nitrogens with zero attached hydrogens (tertiary/aromatic N) is 3. The minimum Gasteiger partial charge on any atom is -0.480 e. The first-order valence-electron chi connectivity index (χ1n) is 6.05. The summed E-state index contributed by atoms with van der Waals surface area (Å²) in [4.78, 5) is 12.5. The number of fused-ring (bicyclic) bond motifs is 1. The van der Waals surface area contributed by atoms with Gasteiger partial charge in [-0.25, -0.2) is 4.98 Å². The smallest absolute Gasteiger partial charge is 0.237 e. The van der Waals surface area contributed by atoms with E-state index in [0.717, 1.165) is 35.9 Å². The van der Waals surface area contributed by atoms with Crippen molar-refractivity contribution in [3.63, 3.8) is 0 Å². The molecule has 0 fully saturated rings. The number of thiazole rings is 1. The van der Waals surface area contributed by atoms with Crippen molar-refractivity contribution in [3.05, 3.63) is 35.5 Å². The van der Waals surface area contributed by atoms with Crippen LogP contribution in [0.1, 0.15) is 11.4 Å². The van der Waals surface area contributed by atoms with Crippen molar-refractivity contribution >= 4 is 16.3 Å². The highest BCUT2D eigenvalue weighted by molar-refractivity contribution is 7.15. The summed E-state index contributed by atoms with van der Waals surface area (Å²) in [6.07, 6.45) is 6.48. The number of hydrogen-bond acceptors (Lipinski definition) is 5. The Morgan fingerprint density at radius 3 is 3.26 bits per heavy atom. The van der Waals surface area contributed by atoms with Crippen LogP contribution in [-0.2, 0) is 13.0 Å². The van der Waals surface area contributed by atoms with Gasteiger partial charge in [-0.2, -0.15) is 4.98 Å². The number of H-pyrrole nitrogens is 1. The van der Waals surface area contributed by atoms with Crippen LogP contribution in [0.25, 0.3) is 4.96 Å². The molecule has 6 nitrogen and oxygen atoms in total. The van der Waals surface area contributed by atoms with E-state index < -0.39 is 0 Å². The summed E-state index contributed by atoms with van der Waals surface area (Å²) in [6.45, 7) is 1.61. The lowest BCUT2D eigenvalue weighted by Crippen LogP contribution is -2.18. The number of ether oxygens (including phenoxy) is 1. The second-order valence-electron chi connectivity index (χ2n) is 4.13. The third-order valence-electron chi connectivity index (χ3n) is 2.94. The predicted octanol–water partition coefficient (Wildman–Crippen LogP) is 1.46. The Kier molecular flexibility index (Phi) is 3.47. The van der Waals surface area contributed by atoms with Gasteiger partial charge in [-0.05, 0) is 0 Å². The zero-order valence-electron chi connectivity index (χ0n) is 10.6. The van der Waals surface area contributed by atoms with Crippen LogP contribution in [0.15, 0.2) is 24.1 Å². The maximum absolute atomic E-state index is 5.31. The van der Waals surface area contributed by atoms with Gasteiger partial charge in [0.2, 0.25) is 5.88 Å². The van der Waals surface area contributed by atoms with Crippen molar-refractivity contribution in [2.45, 2.75) is 13.0 Å². The van der Waals surface area contributed by atoms with E-state index in [1.165, 1.54) is 0 Å². The molecule has 3 heterocycles. The number of nitrogens with one attached hydrogen (secondary N) is 2. The topological polar surface area (TPSA) is 67.2 Å². The average Bonchev–Trinajstić information content (AvgIpc) is 3.12. The number of aromatic nitrogens is 4. The maximum atomic E-state index is 5.31. The molecule has 0 aromatic carbocycles. The van der Waals surface area contributed by atoms with Gasteiger partial charge in [-0.3, -0.25) is 4.40 Å². The van der Waals surface area contributed by atoms with Crippen molar-refractivity contribution in [1.29, 1.82) is 0 Å². The minimum atomic E-state index is 0.695. The van der Waals surface area contributed by atoms with Crippen LogP contribution in [0.4, 0.5) is 0 Å². The first-order valence-corrected chi connectivity index (χ1v) is 6.93. The molecule has 3 rings (SSSR count). The summed E-state index contributed by atoms with van der Waals surface area (Å²) in [5.41, 5.74) is 2.19. The van der Waals surface area contributed by atoms with E-state index in [1.807, 2.05) is 17.8 Å². The van der Waals surface area contributed by atoms with Crippen LogP contribution in [0.3, 0.4) is 0 Å². The lowest BCUT2D eigenvalue weighted by Gasteiger charge is -2.05. The van der Waals surface area contributed by atoms with Crippen molar-refractivity contribution in [1.82, 2.24) is 24.7 Å². The quantitative estimate of drug-likeness (QED) is 0.669. The third-order valence-corrected chi connectivity index (χ3v) is 3.69. The van der Waals surface area contributed by atoms with E-state index in [1.54, 1.807) is 24.8 Å². The number of methoxy groups -OCH3 is 1.